The Kier molecular flexibility index (Phi) is 6.92. The molecule has 0 spiro atoms. The smallest absolute Gasteiger partial charge is 0.0540 e. The summed E-state index contributed by atoms with van der Waals surface area (Å²) in [6, 6.07) is 0. The SMILES string of the molecule is CCC1(PC)CCCCCCC(O)CCC1. The van der Waals surface area contributed by atoms with Crippen molar-refractivity contribution in [3.63, 3.8) is 0 Å². The molecule has 1 aliphatic carbocycles. The Labute approximate surface area is 103 Å². The normalized spacial score (nSPS) is 35.1. The summed E-state index contributed by atoms with van der Waals surface area (Å²) in [5.74, 6) is 0. The Hall–Kier alpha value is 0.390. The monoisotopic (exact) mass is 244 g/mol. The number of hydrogen-bond acceptors (Lipinski definition) is 1. The molecule has 1 nitrogen and oxygen atoms in total. The van der Waals surface area contributed by atoms with Crippen molar-refractivity contribution >= 4 is 8.58 Å². The third-order valence-electron chi connectivity index (χ3n) is 4.34. The Morgan fingerprint density at radius 2 is 1.69 bits per heavy atom. The molecule has 0 amide bonds. The van der Waals surface area contributed by atoms with E-state index in [1.165, 1.54) is 51.4 Å². The van der Waals surface area contributed by atoms with Crippen LogP contribution in [-0.2, 0) is 0 Å². The third-order valence-corrected chi connectivity index (χ3v) is 6.26. The van der Waals surface area contributed by atoms with E-state index in [1.807, 2.05) is 0 Å². The van der Waals surface area contributed by atoms with Crippen LogP contribution in [0.15, 0.2) is 0 Å². The van der Waals surface area contributed by atoms with Crippen LogP contribution < -0.4 is 0 Å². The first-order chi connectivity index (χ1) is 7.72. The van der Waals surface area contributed by atoms with Crippen LogP contribution in [0.4, 0.5) is 0 Å². The van der Waals surface area contributed by atoms with Gasteiger partial charge in [0, 0.05) is 0 Å². The lowest BCUT2D eigenvalue weighted by Crippen LogP contribution is -2.22. The van der Waals surface area contributed by atoms with Crippen molar-refractivity contribution in [2.24, 2.45) is 0 Å². The zero-order valence-corrected chi connectivity index (χ0v) is 12.1. The lowest BCUT2D eigenvalue weighted by Gasteiger charge is -2.32. The Morgan fingerprint density at radius 3 is 2.38 bits per heavy atom. The fourth-order valence-electron chi connectivity index (χ4n) is 2.92. The van der Waals surface area contributed by atoms with Crippen LogP contribution in [0.25, 0.3) is 0 Å². The molecule has 3 unspecified atom stereocenters. The molecule has 1 N–H and O–H groups in total. The minimum atomic E-state index is -0.0205. The molecule has 0 heterocycles. The molecule has 0 aromatic rings. The van der Waals surface area contributed by atoms with Gasteiger partial charge in [-0.2, -0.15) is 0 Å². The van der Waals surface area contributed by atoms with Crippen molar-refractivity contribution in [2.75, 3.05) is 6.66 Å². The first-order valence-electron chi connectivity index (χ1n) is 7.09. The summed E-state index contributed by atoms with van der Waals surface area (Å²) in [7, 11) is 1.07. The summed E-state index contributed by atoms with van der Waals surface area (Å²) >= 11 is 0. The van der Waals surface area contributed by atoms with E-state index < -0.39 is 0 Å². The van der Waals surface area contributed by atoms with Gasteiger partial charge in [0.1, 0.15) is 0 Å². The molecule has 96 valence electrons. The Balaban J connectivity index is 2.50. The second kappa shape index (κ2) is 7.67. The van der Waals surface area contributed by atoms with Gasteiger partial charge < -0.3 is 5.11 Å². The number of aliphatic hydroxyl groups excluding tert-OH is 1. The molecule has 0 radical (unpaired) electrons. The van der Waals surface area contributed by atoms with Gasteiger partial charge in [-0.1, -0.05) is 32.6 Å². The second-order valence-corrected chi connectivity index (χ2v) is 6.94. The van der Waals surface area contributed by atoms with Gasteiger partial charge in [0.2, 0.25) is 0 Å². The average Bonchev–Trinajstić information content (AvgIpc) is 2.34. The predicted octanol–water partition coefficient (Wildman–Crippen LogP) is 4.33. The highest BCUT2D eigenvalue weighted by Gasteiger charge is 2.25. The van der Waals surface area contributed by atoms with Crippen molar-refractivity contribution in [1.82, 2.24) is 0 Å². The maximum absolute atomic E-state index is 9.84. The molecule has 2 heteroatoms. The van der Waals surface area contributed by atoms with Gasteiger partial charge in [-0.05, 0) is 50.3 Å². The van der Waals surface area contributed by atoms with E-state index in [0.29, 0.717) is 5.16 Å². The highest BCUT2D eigenvalue weighted by molar-refractivity contribution is 7.39. The fourth-order valence-corrected chi connectivity index (χ4v) is 4.13. The lowest BCUT2D eigenvalue weighted by molar-refractivity contribution is 0.147. The van der Waals surface area contributed by atoms with Gasteiger partial charge in [-0.25, -0.2) is 0 Å². The van der Waals surface area contributed by atoms with E-state index in [2.05, 4.69) is 13.6 Å². The van der Waals surface area contributed by atoms with Crippen molar-refractivity contribution in [1.29, 1.82) is 0 Å². The molecule has 0 saturated heterocycles. The summed E-state index contributed by atoms with van der Waals surface area (Å²) in [5, 5.41) is 10.5. The minimum absolute atomic E-state index is 0.0205. The van der Waals surface area contributed by atoms with E-state index in [9.17, 15) is 5.11 Å². The molecule has 3 atom stereocenters. The van der Waals surface area contributed by atoms with Crippen LogP contribution in [0.2, 0.25) is 0 Å². The minimum Gasteiger partial charge on any atom is -0.393 e. The van der Waals surface area contributed by atoms with Gasteiger partial charge in [-0.3, -0.25) is 0 Å². The molecule has 16 heavy (non-hydrogen) atoms. The van der Waals surface area contributed by atoms with Crippen molar-refractivity contribution in [2.45, 2.75) is 82.4 Å². The van der Waals surface area contributed by atoms with Gasteiger partial charge in [0.25, 0.3) is 0 Å². The summed E-state index contributed by atoms with van der Waals surface area (Å²) < 4.78 is 0. The molecule has 1 aliphatic rings. The van der Waals surface area contributed by atoms with E-state index in [4.69, 9.17) is 0 Å². The maximum Gasteiger partial charge on any atom is 0.0540 e. The van der Waals surface area contributed by atoms with Crippen LogP contribution in [0.1, 0.15) is 71.1 Å². The molecular weight excluding hydrogens is 215 g/mol. The quantitative estimate of drug-likeness (QED) is 0.717. The zero-order valence-electron chi connectivity index (χ0n) is 11.1. The topological polar surface area (TPSA) is 20.2 Å². The van der Waals surface area contributed by atoms with Crippen LogP contribution >= 0.6 is 8.58 Å². The number of hydrogen-bond donors (Lipinski definition) is 1. The van der Waals surface area contributed by atoms with Crippen molar-refractivity contribution < 1.29 is 5.11 Å². The van der Waals surface area contributed by atoms with Crippen molar-refractivity contribution in [3.8, 4) is 0 Å². The van der Waals surface area contributed by atoms with Crippen LogP contribution in [0.5, 0.6) is 0 Å². The summed E-state index contributed by atoms with van der Waals surface area (Å²) in [4.78, 5) is 0. The molecular formula is C14H29OP. The molecule has 0 aliphatic heterocycles. The van der Waals surface area contributed by atoms with E-state index in [-0.39, 0.29) is 6.10 Å². The summed E-state index contributed by atoms with van der Waals surface area (Å²) in [6.45, 7) is 4.73. The Morgan fingerprint density at radius 1 is 1.06 bits per heavy atom. The number of aliphatic hydroxyl groups is 1. The predicted molar refractivity (Wildman–Crippen MR) is 74.8 cm³/mol. The molecule has 0 aromatic heterocycles. The lowest BCUT2D eigenvalue weighted by atomic mass is 9.92. The van der Waals surface area contributed by atoms with Crippen LogP contribution in [0, 0.1) is 0 Å². The molecule has 0 bridgehead atoms. The zero-order chi connectivity index (χ0) is 11.9. The second-order valence-electron chi connectivity index (χ2n) is 5.38. The first-order valence-corrected chi connectivity index (χ1v) is 8.59. The molecule has 1 rings (SSSR count). The standard InChI is InChI=1S/C14H29OP/c1-3-14(16-2)11-7-5-4-6-9-13(15)10-8-12-14/h13,15-16H,3-12H2,1-2H3. The molecule has 1 fully saturated rings. The van der Waals surface area contributed by atoms with Gasteiger partial charge in [0.05, 0.1) is 6.10 Å². The van der Waals surface area contributed by atoms with E-state index >= 15 is 0 Å². The van der Waals surface area contributed by atoms with Crippen molar-refractivity contribution in [3.05, 3.63) is 0 Å². The fraction of sp³-hybridized carbons (Fsp3) is 1.00. The average molecular weight is 244 g/mol. The largest absolute Gasteiger partial charge is 0.393 e. The molecule has 0 aromatic carbocycles. The van der Waals surface area contributed by atoms with E-state index in [1.54, 1.807) is 0 Å². The van der Waals surface area contributed by atoms with Gasteiger partial charge in [-0.15, -0.1) is 8.58 Å². The number of rotatable bonds is 2. The highest BCUT2D eigenvalue weighted by atomic mass is 31.1. The van der Waals surface area contributed by atoms with Crippen LogP contribution in [0.3, 0.4) is 0 Å². The van der Waals surface area contributed by atoms with Gasteiger partial charge in [0.15, 0.2) is 0 Å². The Bertz CT molecular complexity index is 178. The third kappa shape index (κ3) is 4.72. The first kappa shape index (κ1) is 14.5. The summed E-state index contributed by atoms with van der Waals surface area (Å²) in [5.41, 5.74) is 0. The van der Waals surface area contributed by atoms with Crippen LogP contribution in [-0.4, -0.2) is 23.0 Å². The maximum atomic E-state index is 9.84. The van der Waals surface area contributed by atoms with E-state index in [0.717, 1.165) is 21.4 Å². The van der Waals surface area contributed by atoms with Gasteiger partial charge >= 0.3 is 0 Å². The highest BCUT2D eigenvalue weighted by Crippen LogP contribution is 2.42. The summed E-state index contributed by atoms with van der Waals surface area (Å²) in [6.07, 6.45) is 12.7. The molecule has 1 saturated carbocycles.